The van der Waals surface area contributed by atoms with Crippen LogP contribution in [0.25, 0.3) is 0 Å². The minimum Gasteiger partial charge on any atom is -0.465 e. The summed E-state index contributed by atoms with van der Waals surface area (Å²) in [6, 6.07) is 13.1. The Morgan fingerprint density at radius 3 is 2.63 bits per heavy atom. The maximum Gasteiger partial charge on any atom is 0.115 e. The van der Waals surface area contributed by atoms with E-state index in [1.165, 1.54) is 29.7 Å². The van der Waals surface area contributed by atoms with Gasteiger partial charge in [-0.3, -0.25) is 0 Å². The molecule has 1 heterocycles. The van der Waals surface area contributed by atoms with Gasteiger partial charge in [0.25, 0.3) is 0 Å². The first kappa shape index (κ1) is 11.1. The van der Waals surface area contributed by atoms with Crippen molar-refractivity contribution in [1.82, 2.24) is 0 Å². The van der Waals surface area contributed by atoms with Crippen LogP contribution in [0, 0.1) is 12.8 Å². The zero-order chi connectivity index (χ0) is 12.8. The molecule has 0 fully saturated rings. The van der Waals surface area contributed by atoms with Gasteiger partial charge in [-0.25, -0.2) is 0 Å². The third-order valence-electron chi connectivity index (χ3n) is 4.58. The van der Waals surface area contributed by atoms with Gasteiger partial charge in [0.15, 0.2) is 0 Å². The van der Waals surface area contributed by atoms with E-state index in [1.807, 2.05) is 0 Å². The molecule has 0 saturated heterocycles. The molecular formula is C18H18O. The van der Waals surface area contributed by atoms with Crippen LogP contribution in [-0.2, 0) is 0 Å². The maximum atomic E-state index is 6.09. The van der Waals surface area contributed by atoms with Gasteiger partial charge in [-0.1, -0.05) is 42.5 Å². The summed E-state index contributed by atoms with van der Waals surface area (Å²) >= 11 is 0. The van der Waals surface area contributed by atoms with Crippen molar-refractivity contribution in [2.45, 2.75) is 31.6 Å². The fourth-order valence-electron chi connectivity index (χ4n) is 3.72. The van der Waals surface area contributed by atoms with Crippen LogP contribution in [0.15, 0.2) is 53.0 Å². The van der Waals surface area contributed by atoms with Crippen molar-refractivity contribution >= 4 is 0 Å². The Morgan fingerprint density at radius 2 is 1.89 bits per heavy atom. The zero-order valence-electron chi connectivity index (χ0n) is 11.2. The summed E-state index contributed by atoms with van der Waals surface area (Å²) < 4.78 is 6.09. The number of allylic oxidation sites excluding steroid dienone is 2. The standard InChI is InChI=1S/C18H18O/c1-12-11-16-13-7-9-15(10-8-13)17(18(16)19-12)14-5-3-2-4-6-14/h2-7,9,11,13,15,17H,8,10H2,1H3/t13-,15+,17-/m1/s1. The SMILES string of the molecule is Cc1cc2c(o1)[C@H](c1ccccc1)[C@H]1C=C[C@@H]2CC1. The molecule has 1 aromatic heterocycles. The van der Waals surface area contributed by atoms with Crippen molar-refractivity contribution in [3.05, 3.63) is 71.2 Å². The van der Waals surface area contributed by atoms with Crippen LogP contribution >= 0.6 is 0 Å². The van der Waals surface area contributed by atoms with Crippen LogP contribution in [0.2, 0.25) is 0 Å². The van der Waals surface area contributed by atoms with Crippen molar-refractivity contribution in [1.29, 1.82) is 0 Å². The van der Waals surface area contributed by atoms with E-state index < -0.39 is 0 Å². The number of rotatable bonds is 1. The van der Waals surface area contributed by atoms with Gasteiger partial charge in [0.1, 0.15) is 11.5 Å². The summed E-state index contributed by atoms with van der Waals surface area (Å²) in [6.45, 7) is 2.06. The van der Waals surface area contributed by atoms with E-state index in [4.69, 9.17) is 4.42 Å². The normalized spacial score (nSPS) is 28.2. The third-order valence-corrected chi connectivity index (χ3v) is 4.58. The largest absolute Gasteiger partial charge is 0.465 e. The molecule has 3 atom stereocenters. The minimum atomic E-state index is 0.397. The van der Waals surface area contributed by atoms with Crippen molar-refractivity contribution in [2.75, 3.05) is 0 Å². The summed E-state index contributed by atoms with van der Waals surface area (Å²) in [6.07, 6.45) is 7.34. The van der Waals surface area contributed by atoms with Crippen molar-refractivity contribution in [2.24, 2.45) is 5.92 Å². The molecule has 5 rings (SSSR count). The predicted molar refractivity (Wildman–Crippen MR) is 76.3 cm³/mol. The Kier molecular flexibility index (Phi) is 2.41. The molecule has 2 aromatic rings. The van der Waals surface area contributed by atoms with Gasteiger partial charge >= 0.3 is 0 Å². The van der Waals surface area contributed by atoms with E-state index in [0.29, 0.717) is 17.8 Å². The number of hydrogen-bond acceptors (Lipinski definition) is 1. The molecule has 0 spiro atoms. The first-order valence-corrected chi connectivity index (χ1v) is 7.16. The van der Waals surface area contributed by atoms with E-state index in [9.17, 15) is 0 Å². The monoisotopic (exact) mass is 250 g/mol. The van der Waals surface area contributed by atoms with Crippen LogP contribution in [0.4, 0.5) is 0 Å². The van der Waals surface area contributed by atoms with E-state index in [0.717, 1.165) is 5.76 Å². The molecule has 0 saturated carbocycles. The smallest absolute Gasteiger partial charge is 0.115 e. The lowest BCUT2D eigenvalue weighted by Crippen LogP contribution is -2.12. The Balaban J connectivity index is 1.92. The van der Waals surface area contributed by atoms with Gasteiger partial charge < -0.3 is 4.42 Å². The minimum absolute atomic E-state index is 0.397. The van der Waals surface area contributed by atoms with E-state index in [2.05, 4.69) is 55.5 Å². The Labute approximate surface area is 114 Å². The van der Waals surface area contributed by atoms with Gasteiger partial charge in [0, 0.05) is 17.4 Å². The summed E-state index contributed by atoms with van der Waals surface area (Å²) in [5.41, 5.74) is 2.80. The van der Waals surface area contributed by atoms with Crippen molar-refractivity contribution < 1.29 is 4.42 Å². The lowest BCUT2D eigenvalue weighted by Gasteiger charge is -2.23. The molecule has 0 radical (unpaired) electrons. The molecule has 96 valence electrons. The molecule has 1 heteroatoms. The van der Waals surface area contributed by atoms with Gasteiger partial charge in [-0.15, -0.1) is 0 Å². The summed E-state index contributed by atoms with van der Waals surface area (Å²) in [7, 11) is 0. The average Bonchev–Trinajstić information content (AvgIpc) is 2.71. The quantitative estimate of drug-likeness (QED) is 0.664. The highest BCUT2D eigenvalue weighted by molar-refractivity contribution is 5.42. The zero-order valence-corrected chi connectivity index (χ0v) is 11.2. The van der Waals surface area contributed by atoms with Crippen molar-refractivity contribution in [3.63, 3.8) is 0 Å². The lowest BCUT2D eigenvalue weighted by atomic mass is 9.81. The number of benzene rings is 1. The molecule has 0 amide bonds. The topological polar surface area (TPSA) is 13.1 Å². The molecule has 3 aliphatic carbocycles. The number of fused-ring (bicyclic) bond motifs is 1. The molecule has 1 aromatic carbocycles. The molecule has 0 N–H and O–H groups in total. The van der Waals surface area contributed by atoms with Gasteiger partial charge in [0.05, 0.1) is 0 Å². The second-order valence-corrected chi connectivity index (χ2v) is 5.80. The highest BCUT2D eigenvalue weighted by Gasteiger charge is 2.36. The Morgan fingerprint density at radius 1 is 1.05 bits per heavy atom. The molecule has 19 heavy (non-hydrogen) atoms. The van der Waals surface area contributed by atoms with Crippen LogP contribution in [-0.4, -0.2) is 0 Å². The highest BCUT2D eigenvalue weighted by Crippen LogP contribution is 2.48. The van der Waals surface area contributed by atoms with Gasteiger partial charge in [-0.05, 0) is 37.3 Å². The van der Waals surface area contributed by atoms with Gasteiger partial charge in [-0.2, -0.15) is 0 Å². The molecule has 3 aliphatic rings. The molecular weight excluding hydrogens is 232 g/mol. The van der Waals surface area contributed by atoms with Crippen LogP contribution < -0.4 is 0 Å². The van der Waals surface area contributed by atoms with E-state index in [1.54, 1.807) is 0 Å². The van der Waals surface area contributed by atoms with E-state index >= 15 is 0 Å². The fraction of sp³-hybridized carbons (Fsp3) is 0.333. The summed E-state index contributed by atoms with van der Waals surface area (Å²) in [5.74, 6) is 3.81. The third kappa shape index (κ3) is 1.68. The number of furan rings is 1. The average molecular weight is 250 g/mol. The number of hydrogen-bond donors (Lipinski definition) is 0. The summed E-state index contributed by atoms with van der Waals surface area (Å²) in [5, 5.41) is 0. The summed E-state index contributed by atoms with van der Waals surface area (Å²) in [4.78, 5) is 0. The number of aryl methyl sites for hydroxylation is 1. The molecule has 2 bridgehead atoms. The van der Waals surface area contributed by atoms with Gasteiger partial charge in [0.2, 0.25) is 0 Å². The lowest BCUT2D eigenvalue weighted by molar-refractivity contribution is 0.411. The van der Waals surface area contributed by atoms with Crippen LogP contribution in [0.5, 0.6) is 0 Å². The fourth-order valence-corrected chi connectivity index (χ4v) is 3.72. The first-order chi connectivity index (χ1) is 9.33. The second-order valence-electron chi connectivity index (χ2n) is 5.80. The van der Waals surface area contributed by atoms with Crippen LogP contribution in [0.3, 0.4) is 0 Å². The molecule has 0 aliphatic heterocycles. The van der Waals surface area contributed by atoms with Crippen LogP contribution in [0.1, 0.15) is 47.3 Å². The van der Waals surface area contributed by atoms with E-state index in [-0.39, 0.29) is 0 Å². The second kappa shape index (κ2) is 4.12. The first-order valence-electron chi connectivity index (χ1n) is 7.16. The maximum absolute atomic E-state index is 6.09. The Bertz CT molecular complexity index is 620. The van der Waals surface area contributed by atoms with Crippen molar-refractivity contribution in [3.8, 4) is 0 Å². The predicted octanol–water partition coefficient (Wildman–Crippen LogP) is 4.78. The Hall–Kier alpha value is -1.76. The molecule has 1 nitrogen and oxygen atoms in total. The molecule has 0 unspecified atom stereocenters. The highest BCUT2D eigenvalue weighted by atomic mass is 16.3.